The zero-order valence-electron chi connectivity index (χ0n) is 10.7. The van der Waals surface area contributed by atoms with E-state index in [4.69, 9.17) is 17.3 Å². The SMILES string of the molecule is NCC1(CC(=O)NCc2ccc(F)c(Cl)c2)CCC1. The predicted octanol–water partition coefficient (Wildman–Crippen LogP) is 2.61. The molecule has 3 N–H and O–H groups in total. The number of benzene rings is 1. The molecule has 0 atom stereocenters. The molecule has 0 heterocycles. The lowest BCUT2D eigenvalue weighted by molar-refractivity contribution is -0.124. The van der Waals surface area contributed by atoms with Crippen LogP contribution >= 0.6 is 11.6 Å². The fourth-order valence-corrected chi connectivity index (χ4v) is 2.59. The second-order valence-electron chi connectivity index (χ2n) is 5.26. The molecule has 0 bridgehead atoms. The van der Waals surface area contributed by atoms with Gasteiger partial charge in [0.1, 0.15) is 5.82 Å². The van der Waals surface area contributed by atoms with Crippen molar-refractivity contribution in [3.8, 4) is 0 Å². The van der Waals surface area contributed by atoms with Crippen LogP contribution in [0, 0.1) is 11.2 Å². The molecule has 1 aliphatic rings. The van der Waals surface area contributed by atoms with Crippen molar-refractivity contribution in [2.75, 3.05) is 6.54 Å². The normalized spacial score (nSPS) is 16.8. The Morgan fingerprint density at radius 2 is 2.21 bits per heavy atom. The number of hydrogen-bond donors (Lipinski definition) is 2. The summed E-state index contributed by atoms with van der Waals surface area (Å²) in [5, 5.41) is 2.90. The summed E-state index contributed by atoms with van der Waals surface area (Å²) < 4.78 is 13.0. The van der Waals surface area contributed by atoms with Crippen LogP contribution in [0.4, 0.5) is 4.39 Å². The standard InChI is InChI=1S/C14H18ClFN2O/c15-11-6-10(2-3-12(11)16)8-18-13(19)7-14(9-17)4-1-5-14/h2-3,6H,1,4-5,7-9,17H2,(H,18,19). The molecule has 3 nitrogen and oxygen atoms in total. The molecule has 1 aromatic rings. The fraction of sp³-hybridized carbons (Fsp3) is 0.500. The molecule has 1 aliphatic carbocycles. The van der Waals surface area contributed by atoms with E-state index >= 15 is 0 Å². The zero-order chi connectivity index (χ0) is 13.9. The van der Waals surface area contributed by atoms with E-state index in [0.29, 0.717) is 19.5 Å². The molecule has 1 saturated carbocycles. The van der Waals surface area contributed by atoms with Crippen LogP contribution in [-0.4, -0.2) is 12.5 Å². The van der Waals surface area contributed by atoms with Crippen molar-refractivity contribution in [1.82, 2.24) is 5.32 Å². The first kappa shape index (κ1) is 14.3. The summed E-state index contributed by atoms with van der Waals surface area (Å²) >= 11 is 5.69. The van der Waals surface area contributed by atoms with Crippen LogP contribution in [0.25, 0.3) is 0 Å². The van der Waals surface area contributed by atoms with Gasteiger partial charge in [-0.05, 0) is 42.5 Å². The maximum absolute atomic E-state index is 13.0. The topological polar surface area (TPSA) is 55.1 Å². The summed E-state index contributed by atoms with van der Waals surface area (Å²) in [6, 6.07) is 4.44. The lowest BCUT2D eigenvalue weighted by atomic mass is 9.66. The Morgan fingerprint density at radius 3 is 2.74 bits per heavy atom. The van der Waals surface area contributed by atoms with E-state index in [1.807, 2.05) is 0 Å². The molecule has 1 aromatic carbocycles. The average molecular weight is 285 g/mol. The largest absolute Gasteiger partial charge is 0.352 e. The molecule has 0 spiro atoms. The van der Waals surface area contributed by atoms with Crippen molar-refractivity contribution < 1.29 is 9.18 Å². The highest BCUT2D eigenvalue weighted by Gasteiger charge is 2.37. The lowest BCUT2D eigenvalue weighted by Gasteiger charge is -2.40. The Kier molecular flexibility index (Phi) is 4.42. The van der Waals surface area contributed by atoms with Gasteiger partial charge in [-0.3, -0.25) is 4.79 Å². The molecule has 1 amide bonds. The van der Waals surface area contributed by atoms with E-state index in [2.05, 4.69) is 5.32 Å². The smallest absolute Gasteiger partial charge is 0.220 e. The van der Waals surface area contributed by atoms with E-state index in [0.717, 1.165) is 24.8 Å². The molecule has 19 heavy (non-hydrogen) atoms. The molecule has 5 heteroatoms. The molecule has 104 valence electrons. The summed E-state index contributed by atoms with van der Waals surface area (Å²) in [6.45, 7) is 0.919. The maximum Gasteiger partial charge on any atom is 0.220 e. The first-order valence-electron chi connectivity index (χ1n) is 6.45. The van der Waals surface area contributed by atoms with Gasteiger partial charge in [0, 0.05) is 13.0 Å². The number of nitrogens with one attached hydrogen (secondary N) is 1. The first-order chi connectivity index (χ1) is 9.04. The van der Waals surface area contributed by atoms with Crippen molar-refractivity contribution in [3.05, 3.63) is 34.6 Å². The van der Waals surface area contributed by atoms with Crippen molar-refractivity contribution in [1.29, 1.82) is 0 Å². The number of nitrogens with two attached hydrogens (primary N) is 1. The van der Waals surface area contributed by atoms with Gasteiger partial charge in [-0.1, -0.05) is 24.1 Å². The number of rotatable bonds is 5. The highest BCUT2D eigenvalue weighted by Crippen LogP contribution is 2.42. The minimum Gasteiger partial charge on any atom is -0.352 e. The highest BCUT2D eigenvalue weighted by molar-refractivity contribution is 6.30. The summed E-state index contributed by atoms with van der Waals surface area (Å²) in [7, 11) is 0. The average Bonchev–Trinajstić information content (AvgIpc) is 2.35. The Morgan fingerprint density at radius 1 is 1.47 bits per heavy atom. The van der Waals surface area contributed by atoms with Gasteiger partial charge in [-0.15, -0.1) is 0 Å². The van der Waals surface area contributed by atoms with Gasteiger partial charge in [0.05, 0.1) is 5.02 Å². The van der Waals surface area contributed by atoms with Gasteiger partial charge >= 0.3 is 0 Å². The molecule has 2 rings (SSSR count). The van der Waals surface area contributed by atoms with Crippen molar-refractivity contribution in [2.45, 2.75) is 32.2 Å². The molecule has 0 aliphatic heterocycles. The summed E-state index contributed by atoms with van der Waals surface area (Å²) in [4.78, 5) is 11.9. The second kappa shape index (κ2) is 5.88. The van der Waals surface area contributed by atoms with Crippen LogP contribution in [0.3, 0.4) is 0 Å². The molecule has 1 fully saturated rings. The van der Waals surface area contributed by atoms with E-state index < -0.39 is 5.82 Å². The number of amides is 1. The predicted molar refractivity (Wildman–Crippen MR) is 73.2 cm³/mol. The third-order valence-corrected chi connectivity index (χ3v) is 4.15. The lowest BCUT2D eigenvalue weighted by Crippen LogP contribution is -2.41. The quantitative estimate of drug-likeness (QED) is 0.873. The zero-order valence-corrected chi connectivity index (χ0v) is 11.5. The van der Waals surface area contributed by atoms with Gasteiger partial charge < -0.3 is 11.1 Å². The van der Waals surface area contributed by atoms with Gasteiger partial charge in [0.15, 0.2) is 0 Å². The van der Waals surface area contributed by atoms with E-state index in [-0.39, 0.29) is 16.3 Å². The van der Waals surface area contributed by atoms with Crippen LogP contribution in [0.5, 0.6) is 0 Å². The number of carbonyl (C=O) groups excluding carboxylic acids is 1. The van der Waals surface area contributed by atoms with Gasteiger partial charge in [-0.2, -0.15) is 0 Å². The van der Waals surface area contributed by atoms with E-state index in [1.54, 1.807) is 6.07 Å². The third-order valence-electron chi connectivity index (χ3n) is 3.86. The molecule has 0 aromatic heterocycles. The Hall–Kier alpha value is -1.13. The fourth-order valence-electron chi connectivity index (χ4n) is 2.38. The van der Waals surface area contributed by atoms with Crippen LogP contribution in [0.1, 0.15) is 31.2 Å². The molecule has 0 saturated heterocycles. The minimum atomic E-state index is -0.451. The summed E-state index contributed by atoms with van der Waals surface area (Å²) in [5.74, 6) is -0.459. The number of hydrogen-bond acceptors (Lipinski definition) is 2. The van der Waals surface area contributed by atoms with Crippen LogP contribution in [0.2, 0.25) is 5.02 Å². The molecular formula is C14H18ClFN2O. The maximum atomic E-state index is 13.0. The Balaban J connectivity index is 1.84. The summed E-state index contributed by atoms with van der Waals surface area (Å²) in [6.07, 6.45) is 3.68. The first-order valence-corrected chi connectivity index (χ1v) is 6.83. The molecular weight excluding hydrogens is 267 g/mol. The van der Waals surface area contributed by atoms with E-state index in [9.17, 15) is 9.18 Å². The van der Waals surface area contributed by atoms with Crippen molar-refractivity contribution in [3.63, 3.8) is 0 Å². The summed E-state index contributed by atoms with van der Waals surface area (Å²) in [5.41, 5.74) is 6.51. The van der Waals surface area contributed by atoms with Gasteiger partial charge in [0.25, 0.3) is 0 Å². The van der Waals surface area contributed by atoms with Gasteiger partial charge in [0.2, 0.25) is 5.91 Å². The second-order valence-corrected chi connectivity index (χ2v) is 5.67. The van der Waals surface area contributed by atoms with Crippen molar-refractivity contribution in [2.24, 2.45) is 11.1 Å². The third kappa shape index (κ3) is 3.45. The Labute approximate surface area is 117 Å². The molecule has 0 unspecified atom stereocenters. The number of carbonyl (C=O) groups is 1. The van der Waals surface area contributed by atoms with Crippen LogP contribution < -0.4 is 11.1 Å². The monoisotopic (exact) mass is 284 g/mol. The molecule has 0 radical (unpaired) electrons. The minimum absolute atomic E-state index is 0.00449. The van der Waals surface area contributed by atoms with Crippen molar-refractivity contribution >= 4 is 17.5 Å². The highest BCUT2D eigenvalue weighted by atomic mass is 35.5. The van der Waals surface area contributed by atoms with Crippen LogP contribution in [0.15, 0.2) is 18.2 Å². The number of halogens is 2. The van der Waals surface area contributed by atoms with Crippen LogP contribution in [-0.2, 0) is 11.3 Å². The Bertz CT molecular complexity index is 469. The van der Waals surface area contributed by atoms with Gasteiger partial charge in [-0.25, -0.2) is 4.39 Å². The van der Waals surface area contributed by atoms with E-state index in [1.165, 1.54) is 12.1 Å².